The zero-order valence-corrected chi connectivity index (χ0v) is 11.4. The van der Waals surface area contributed by atoms with Gasteiger partial charge in [-0.3, -0.25) is 9.48 Å². The number of nitrogens with one attached hydrogen (secondary N) is 1. The van der Waals surface area contributed by atoms with Crippen LogP contribution >= 0.6 is 22.6 Å². The van der Waals surface area contributed by atoms with Crippen molar-refractivity contribution in [1.82, 2.24) is 14.8 Å². The van der Waals surface area contributed by atoms with Crippen molar-refractivity contribution < 1.29 is 4.79 Å². The number of nitrogens with zero attached hydrogens (tertiary/aromatic N) is 3. The van der Waals surface area contributed by atoms with E-state index < -0.39 is 0 Å². The second-order valence-corrected chi connectivity index (χ2v) is 4.82. The summed E-state index contributed by atoms with van der Waals surface area (Å²) in [6.07, 6.45) is 5.10. The standard InChI is InChI=1S/C11H11IN4O/c1-8-5-9(12)6-13-11(8)15-10(17)7-16-4-2-3-14-16/h2-6H,7H2,1H3,(H,13,15,17). The largest absolute Gasteiger partial charge is 0.309 e. The topological polar surface area (TPSA) is 59.8 Å². The molecule has 0 atom stereocenters. The molecule has 0 saturated heterocycles. The number of anilines is 1. The Labute approximate surface area is 112 Å². The fourth-order valence-electron chi connectivity index (χ4n) is 1.38. The molecule has 0 bridgehead atoms. The minimum Gasteiger partial charge on any atom is -0.309 e. The lowest BCUT2D eigenvalue weighted by Gasteiger charge is -2.07. The van der Waals surface area contributed by atoms with E-state index in [1.807, 2.05) is 13.0 Å². The van der Waals surface area contributed by atoms with Crippen molar-refractivity contribution in [3.8, 4) is 0 Å². The van der Waals surface area contributed by atoms with Gasteiger partial charge in [0.05, 0.1) is 0 Å². The van der Waals surface area contributed by atoms with E-state index in [-0.39, 0.29) is 12.5 Å². The van der Waals surface area contributed by atoms with Gasteiger partial charge in [0.15, 0.2) is 0 Å². The Bertz CT molecular complexity index is 524. The third-order valence-electron chi connectivity index (χ3n) is 2.17. The van der Waals surface area contributed by atoms with Crippen LogP contribution < -0.4 is 5.32 Å². The zero-order chi connectivity index (χ0) is 12.3. The van der Waals surface area contributed by atoms with Gasteiger partial charge in [-0.25, -0.2) is 4.98 Å². The van der Waals surface area contributed by atoms with Crippen molar-refractivity contribution in [1.29, 1.82) is 0 Å². The summed E-state index contributed by atoms with van der Waals surface area (Å²) < 4.78 is 2.61. The molecule has 0 aliphatic rings. The van der Waals surface area contributed by atoms with Gasteiger partial charge in [-0.1, -0.05) is 0 Å². The number of pyridine rings is 1. The normalized spacial score (nSPS) is 10.2. The van der Waals surface area contributed by atoms with Gasteiger partial charge in [0.2, 0.25) is 5.91 Å². The molecule has 0 radical (unpaired) electrons. The van der Waals surface area contributed by atoms with E-state index in [2.05, 4.69) is 38.0 Å². The number of halogens is 1. The van der Waals surface area contributed by atoms with Gasteiger partial charge in [0, 0.05) is 22.2 Å². The molecule has 0 aliphatic carbocycles. The average molecular weight is 342 g/mol. The Morgan fingerprint density at radius 2 is 2.41 bits per heavy atom. The van der Waals surface area contributed by atoms with Gasteiger partial charge in [0.25, 0.3) is 0 Å². The maximum Gasteiger partial charge on any atom is 0.247 e. The van der Waals surface area contributed by atoms with Crippen LogP contribution in [-0.4, -0.2) is 20.7 Å². The smallest absolute Gasteiger partial charge is 0.247 e. The molecule has 2 aromatic rings. The molecule has 5 nitrogen and oxygen atoms in total. The first-order valence-corrected chi connectivity index (χ1v) is 6.12. The fraction of sp³-hybridized carbons (Fsp3) is 0.182. The lowest BCUT2D eigenvalue weighted by molar-refractivity contribution is -0.116. The Balaban J connectivity index is 2.03. The number of carbonyl (C=O) groups is 1. The monoisotopic (exact) mass is 342 g/mol. The lowest BCUT2D eigenvalue weighted by Crippen LogP contribution is -2.20. The van der Waals surface area contributed by atoms with Crippen LogP contribution in [0.15, 0.2) is 30.7 Å². The molecule has 1 N–H and O–H groups in total. The van der Waals surface area contributed by atoms with E-state index in [1.54, 1.807) is 29.3 Å². The quantitative estimate of drug-likeness (QED) is 0.866. The van der Waals surface area contributed by atoms with Gasteiger partial charge in [-0.2, -0.15) is 5.10 Å². The van der Waals surface area contributed by atoms with Crippen molar-refractivity contribution in [2.24, 2.45) is 0 Å². The summed E-state index contributed by atoms with van der Waals surface area (Å²) in [5.74, 6) is 0.466. The summed E-state index contributed by atoms with van der Waals surface area (Å²) in [7, 11) is 0. The number of rotatable bonds is 3. The highest BCUT2D eigenvalue weighted by Crippen LogP contribution is 2.13. The van der Waals surface area contributed by atoms with E-state index in [4.69, 9.17) is 0 Å². The number of carbonyl (C=O) groups excluding carboxylic acids is 1. The van der Waals surface area contributed by atoms with Gasteiger partial charge >= 0.3 is 0 Å². The molecule has 0 saturated carbocycles. The molecule has 6 heteroatoms. The van der Waals surface area contributed by atoms with Crippen molar-refractivity contribution in [3.05, 3.63) is 39.9 Å². The first kappa shape index (κ1) is 12.0. The highest BCUT2D eigenvalue weighted by molar-refractivity contribution is 14.1. The first-order valence-electron chi connectivity index (χ1n) is 5.04. The number of hydrogen-bond donors (Lipinski definition) is 1. The SMILES string of the molecule is Cc1cc(I)cnc1NC(=O)Cn1cccn1. The maximum atomic E-state index is 11.7. The molecule has 1 amide bonds. The predicted octanol–water partition coefficient (Wildman–Crippen LogP) is 1.83. The summed E-state index contributed by atoms with van der Waals surface area (Å²) in [6.45, 7) is 2.11. The van der Waals surface area contributed by atoms with E-state index in [1.165, 1.54) is 0 Å². The average Bonchev–Trinajstić information content (AvgIpc) is 2.75. The van der Waals surface area contributed by atoms with E-state index >= 15 is 0 Å². The second-order valence-electron chi connectivity index (χ2n) is 3.57. The van der Waals surface area contributed by atoms with Gasteiger partial charge in [-0.05, 0) is 47.2 Å². The van der Waals surface area contributed by atoms with Crippen LogP contribution in [0.3, 0.4) is 0 Å². The molecule has 2 aromatic heterocycles. The van der Waals surface area contributed by atoms with Gasteiger partial charge < -0.3 is 5.32 Å². The summed E-state index contributed by atoms with van der Waals surface area (Å²) in [5, 5.41) is 6.73. The van der Waals surface area contributed by atoms with Gasteiger partial charge in [-0.15, -0.1) is 0 Å². The fourth-order valence-corrected chi connectivity index (χ4v) is 1.99. The molecule has 2 rings (SSSR count). The molecule has 0 spiro atoms. The molecule has 2 heterocycles. The van der Waals surface area contributed by atoms with Crippen molar-refractivity contribution in [2.45, 2.75) is 13.5 Å². The Morgan fingerprint density at radius 1 is 1.59 bits per heavy atom. The van der Waals surface area contributed by atoms with Crippen LogP contribution in [0, 0.1) is 10.5 Å². The van der Waals surface area contributed by atoms with Crippen LogP contribution in [0.1, 0.15) is 5.56 Å². The third-order valence-corrected chi connectivity index (χ3v) is 2.76. The highest BCUT2D eigenvalue weighted by Gasteiger charge is 2.07. The molecule has 0 fully saturated rings. The molecular formula is C11H11IN4O. The summed E-state index contributed by atoms with van der Waals surface area (Å²) in [5.41, 5.74) is 0.950. The van der Waals surface area contributed by atoms with Crippen molar-refractivity contribution >= 4 is 34.3 Å². The molecule has 0 aliphatic heterocycles. The third kappa shape index (κ3) is 3.26. The van der Waals surface area contributed by atoms with Crippen molar-refractivity contribution in [2.75, 3.05) is 5.32 Å². The summed E-state index contributed by atoms with van der Waals surface area (Å²) in [6, 6.07) is 3.75. The molecule has 17 heavy (non-hydrogen) atoms. The minimum absolute atomic E-state index is 0.134. The van der Waals surface area contributed by atoms with Crippen molar-refractivity contribution in [3.63, 3.8) is 0 Å². The summed E-state index contributed by atoms with van der Waals surface area (Å²) in [4.78, 5) is 15.9. The van der Waals surface area contributed by atoms with Gasteiger partial charge in [0.1, 0.15) is 12.4 Å². The lowest BCUT2D eigenvalue weighted by atomic mass is 10.3. The molecular weight excluding hydrogens is 331 g/mol. The number of aromatic nitrogens is 3. The van der Waals surface area contributed by atoms with Crippen LogP contribution in [0.4, 0.5) is 5.82 Å². The number of hydrogen-bond acceptors (Lipinski definition) is 3. The molecule has 0 aromatic carbocycles. The van der Waals surface area contributed by atoms with E-state index in [9.17, 15) is 4.79 Å². The Morgan fingerprint density at radius 3 is 3.06 bits per heavy atom. The van der Waals surface area contributed by atoms with E-state index in [0.29, 0.717) is 5.82 Å². The Kier molecular flexibility index (Phi) is 3.72. The van der Waals surface area contributed by atoms with Crippen LogP contribution in [0.2, 0.25) is 0 Å². The minimum atomic E-state index is -0.134. The molecule has 0 unspecified atom stereocenters. The number of aryl methyl sites for hydroxylation is 1. The maximum absolute atomic E-state index is 11.7. The van der Waals surface area contributed by atoms with Crippen LogP contribution in [-0.2, 0) is 11.3 Å². The van der Waals surface area contributed by atoms with Crippen LogP contribution in [0.5, 0.6) is 0 Å². The summed E-state index contributed by atoms with van der Waals surface area (Å²) >= 11 is 2.18. The highest BCUT2D eigenvalue weighted by atomic mass is 127. The van der Waals surface area contributed by atoms with E-state index in [0.717, 1.165) is 9.13 Å². The Hall–Kier alpha value is -1.44. The number of amides is 1. The first-order chi connectivity index (χ1) is 8.15. The zero-order valence-electron chi connectivity index (χ0n) is 9.22. The second kappa shape index (κ2) is 5.26. The molecule has 88 valence electrons. The predicted molar refractivity (Wildman–Crippen MR) is 72.5 cm³/mol. The van der Waals surface area contributed by atoms with Crippen LogP contribution in [0.25, 0.3) is 0 Å².